The van der Waals surface area contributed by atoms with Gasteiger partial charge in [0.2, 0.25) is 0 Å². The van der Waals surface area contributed by atoms with Crippen LogP contribution in [0.1, 0.15) is 34.8 Å². The van der Waals surface area contributed by atoms with Crippen LogP contribution in [0.3, 0.4) is 0 Å². The van der Waals surface area contributed by atoms with Crippen LogP contribution in [0.15, 0.2) is 39.9 Å². The molecule has 0 aliphatic carbocycles. The lowest BCUT2D eigenvalue weighted by atomic mass is 9.98. The van der Waals surface area contributed by atoms with Crippen LogP contribution in [-0.2, 0) is 0 Å². The molecule has 4 rings (SSSR count). The van der Waals surface area contributed by atoms with Crippen LogP contribution >= 0.6 is 0 Å². The summed E-state index contributed by atoms with van der Waals surface area (Å²) >= 11 is 0. The third-order valence-electron chi connectivity index (χ3n) is 5.84. The Balaban J connectivity index is 1.40. The fourth-order valence-corrected chi connectivity index (χ4v) is 4.30. The number of piperazine rings is 1. The van der Waals surface area contributed by atoms with Gasteiger partial charge < -0.3 is 14.1 Å². The molecule has 0 saturated carbocycles. The minimum atomic E-state index is -0.406. The summed E-state index contributed by atoms with van der Waals surface area (Å²) in [5.41, 5.74) is 2.08. The number of aromatic nitrogens is 2. The van der Waals surface area contributed by atoms with E-state index >= 15 is 0 Å². The SMILES string of the molecule is CC(=O)c1c(C)cc2oc(=O)cc(C)c2c1OCCCN1CCN(c2cnccn2)CC1. The van der Waals surface area contributed by atoms with Gasteiger partial charge in [-0.1, -0.05) is 0 Å². The molecule has 0 unspecified atom stereocenters. The maximum absolute atomic E-state index is 12.3. The molecule has 0 radical (unpaired) electrons. The number of anilines is 1. The standard InChI is InChI=1S/C24H28N4O4/c1-16-13-19-23(17(2)14-21(30)32-19)24(22(16)18(3)29)31-12-4-7-27-8-10-28(11-9-27)20-15-25-5-6-26-20/h5-6,13-15H,4,7-12H2,1-3H3. The first kappa shape index (κ1) is 22.0. The molecule has 8 nitrogen and oxygen atoms in total. The van der Waals surface area contributed by atoms with Crippen molar-refractivity contribution in [2.75, 3.05) is 44.2 Å². The van der Waals surface area contributed by atoms with Crippen molar-refractivity contribution in [2.24, 2.45) is 0 Å². The van der Waals surface area contributed by atoms with Gasteiger partial charge in [0.05, 0.1) is 23.8 Å². The van der Waals surface area contributed by atoms with Crippen molar-refractivity contribution >= 4 is 22.6 Å². The summed E-state index contributed by atoms with van der Waals surface area (Å²) in [6.45, 7) is 10.3. The monoisotopic (exact) mass is 436 g/mol. The number of ketones is 1. The minimum Gasteiger partial charge on any atom is -0.492 e. The Morgan fingerprint density at radius 2 is 1.91 bits per heavy atom. The summed E-state index contributed by atoms with van der Waals surface area (Å²) in [6, 6.07) is 3.18. The molecule has 0 amide bonds. The Kier molecular flexibility index (Phi) is 6.50. The highest BCUT2D eigenvalue weighted by Gasteiger charge is 2.21. The van der Waals surface area contributed by atoms with Gasteiger partial charge in [0, 0.05) is 51.2 Å². The Hall–Kier alpha value is -3.26. The zero-order valence-corrected chi connectivity index (χ0v) is 18.8. The van der Waals surface area contributed by atoms with Crippen LogP contribution in [0.4, 0.5) is 5.82 Å². The lowest BCUT2D eigenvalue weighted by molar-refractivity contribution is 0.101. The highest BCUT2D eigenvalue weighted by Crippen LogP contribution is 2.34. The van der Waals surface area contributed by atoms with Crippen molar-refractivity contribution in [3.63, 3.8) is 0 Å². The van der Waals surface area contributed by atoms with E-state index in [1.165, 1.54) is 13.0 Å². The number of rotatable bonds is 7. The fourth-order valence-electron chi connectivity index (χ4n) is 4.30. The molecule has 1 saturated heterocycles. The van der Waals surface area contributed by atoms with Gasteiger partial charge in [-0.2, -0.15) is 0 Å². The van der Waals surface area contributed by atoms with Crippen LogP contribution in [0, 0.1) is 13.8 Å². The largest absolute Gasteiger partial charge is 0.492 e. The predicted molar refractivity (Wildman–Crippen MR) is 123 cm³/mol. The third kappa shape index (κ3) is 4.65. The lowest BCUT2D eigenvalue weighted by Crippen LogP contribution is -2.47. The van der Waals surface area contributed by atoms with Crippen LogP contribution in [0.2, 0.25) is 0 Å². The van der Waals surface area contributed by atoms with Gasteiger partial charge in [-0.15, -0.1) is 0 Å². The maximum Gasteiger partial charge on any atom is 0.336 e. The number of aryl methyl sites for hydroxylation is 2. The summed E-state index contributed by atoms with van der Waals surface area (Å²) in [5.74, 6) is 1.37. The molecule has 0 N–H and O–H groups in total. The summed E-state index contributed by atoms with van der Waals surface area (Å²) in [7, 11) is 0. The number of hydrogen-bond acceptors (Lipinski definition) is 8. The predicted octanol–water partition coefficient (Wildman–Crippen LogP) is 2.99. The van der Waals surface area contributed by atoms with E-state index in [0.717, 1.165) is 56.1 Å². The number of carbonyl (C=O) groups is 1. The molecule has 1 aromatic carbocycles. The molecule has 2 aromatic heterocycles. The first-order chi connectivity index (χ1) is 15.4. The van der Waals surface area contributed by atoms with Crippen LogP contribution < -0.4 is 15.3 Å². The van der Waals surface area contributed by atoms with Crippen LogP contribution in [-0.4, -0.2) is 60.0 Å². The molecule has 3 heterocycles. The van der Waals surface area contributed by atoms with Gasteiger partial charge in [-0.3, -0.25) is 14.7 Å². The van der Waals surface area contributed by atoms with E-state index < -0.39 is 5.63 Å². The second-order valence-electron chi connectivity index (χ2n) is 8.17. The second-order valence-corrected chi connectivity index (χ2v) is 8.17. The zero-order chi connectivity index (χ0) is 22.7. The van der Waals surface area contributed by atoms with E-state index in [-0.39, 0.29) is 5.78 Å². The quantitative estimate of drug-likeness (QED) is 0.317. The number of Topliss-reactive ketones (excluding diaryl/α,β-unsaturated/α-hetero) is 1. The van der Waals surface area contributed by atoms with Crippen LogP contribution in [0.5, 0.6) is 5.75 Å². The first-order valence-electron chi connectivity index (χ1n) is 10.9. The lowest BCUT2D eigenvalue weighted by Gasteiger charge is -2.35. The Morgan fingerprint density at radius 1 is 1.12 bits per heavy atom. The number of ether oxygens (including phenoxy) is 1. The van der Waals surface area contributed by atoms with Gasteiger partial charge in [-0.05, 0) is 44.4 Å². The summed E-state index contributed by atoms with van der Waals surface area (Å²) in [6.07, 6.45) is 6.03. The Bertz CT molecular complexity index is 1170. The zero-order valence-electron chi connectivity index (χ0n) is 18.8. The van der Waals surface area contributed by atoms with Gasteiger partial charge in [0.15, 0.2) is 5.78 Å². The second kappa shape index (κ2) is 9.48. The molecule has 1 aliphatic rings. The summed E-state index contributed by atoms with van der Waals surface area (Å²) < 4.78 is 11.5. The molecule has 0 bridgehead atoms. The van der Waals surface area contributed by atoms with Gasteiger partial charge in [0.1, 0.15) is 17.2 Å². The highest BCUT2D eigenvalue weighted by atomic mass is 16.5. The topological polar surface area (TPSA) is 88.8 Å². The van der Waals surface area contributed by atoms with Crippen molar-refractivity contribution in [1.29, 1.82) is 0 Å². The van der Waals surface area contributed by atoms with Gasteiger partial charge in [-0.25, -0.2) is 9.78 Å². The number of fused-ring (bicyclic) bond motifs is 1. The van der Waals surface area contributed by atoms with E-state index in [1.807, 2.05) is 13.8 Å². The van der Waals surface area contributed by atoms with E-state index in [2.05, 4.69) is 19.8 Å². The van der Waals surface area contributed by atoms with E-state index in [9.17, 15) is 9.59 Å². The van der Waals surface area contributed by atoms with Gasteiger partial charge >= 0.3 is 5.63 Å². The van der Waals surface area contributed by atoms with E-state index in [1.54, 1.807) is 24.7 Å². The molecule has 8 heteroatoms. The van der Waals surface area contributed by atoms with Crippen LogP contribution in [0.25, 0.3) is 11.0 Å². The summed E-state index contributed by atoms with van der Waals surface area (Å²) in [4.78, 5) is 37.3. The Morgan fingerprint density at radius 3 is 2.59 bits per heavy atom. The van der Waals surface area contributed by atoms with Crippen molar-refractivity contribution in [3.8, 4) is 5.75 Å². The molecule has 1 fully saturated rings. The van der Waals surface area contributed by atoms with Crippen molar-refractivity contribution in [2.45, 2.75) is 27.2 Å². The number of hydrogen-bond donors (Lipinski definition) is 0. The molecule has 0 atom stereocenters. The Labute approximate surface area is 186 Å². The van der Waals surface area contributed by atoms with Crippen molar-refractivity contribution in [1.82, 2.24) is 14.9 Å². The molecular weight excluding hydrogens is 408 g/mol. The molecule has 1 aliphatic heterocycles. The number of nitrogens with zero attached hydrogens (tertiary/aromatic N) is 4. The smallest absolute Gasteiger partial charge is 0.336 e. The normalized spacial score (nSPS) is 14.7. The number of carbonyl (C=O) groups excluding carboxylic acids is 1. The van der Waals surface area contributed by atoms with Crippen molar-refractivity contribution in [3.05, 3.63) is 57.8 Å². The minimum absolute atomic E-state index is 0.0647. The molecule has 3 aromatic rings. The maximum atomic E-state index is 12.3. The molecule has 168 valence electrons. The average Bonchev–Trinajstić information content (AvgIpc) is 2.76. The van der Waals surface area contributed by atoms with E-state index in [4.69, 9.17) is 9.15 Å². The number of benzene rings is 1. The average molecular weight is 437 g/mol. The highest BCUT2D eigenvalue weighted by molar-refractivity contribution is 6.04. The molecule has 32 heavy (non-hydrogen) atoms. The fraction of sp³-hybridized carbons (Fsp3) is 0.417. The van der Waals surface area contributed by atoms with Crippen molar-refractivity contribution < 1.29 is 13.9 Å². The first-order valence-corrected chi connectivity index (χ1v) is 10.9. The van der Waals surface area contributed by atoms with E-state index in [0.29, 0.717) is 28.9 Å². The third-order valence-corrected chi connectivity index (χ3v) is 5.84. The summed E-state index contributed by atoms with van der Waals surface area (Å²) in [5, 5.41) is 0.693. The van der Waals surface area contributed by atoms with Gasteiger partial charge in [0.25, 0.3) is 0 Å². The molecule has 0 spiro atoms. The molecular formula is C24H28N4O4.